The van der Waals surface area contributed by atoms with E-state index in [1.54, 1.807) is 18.3 Å². The topological polar surface area (TPSA) is 62.6 Å². The summed E-state index contributed by atoms with van der Waals surface area (Å²) in [5, 5.41) is 4.30. The molecule has 6 nitrogen and oxygen atoms in total. The Morgan fingerprint density at radius 2 is 2.03 bits per heavy atom. The molecule has 2 aromatic carbocycles. The summed E-state index contributed by atoms with van der Waals surface area (Å²) in [6, 6.07) is 12.3. The van der Waals surface area contributed by atoms with Gasteiger partial charge in [-0.2, -0.15) is 5.10 Å². The number of aromatic nitrogens is 2. The lowest BCUT2D eigenvalue weighted by molar-refractivity contribution is -0.141. The molecule has 1 aromatic heterocycles. The van der Waals surface area contributed by atoms with Crippen LogP contribution in [0.3, 0.4) is 0 Å². The van der Waals surface area contributed by atoms with E-state index in [0.29, 0.717) is 28.4 Å². The lowest BCUT2D eigenvalue weighted by Gasteiger charge is -2.16. The molecule has 0 bridgehead atoms. The molecular formula is C24H24BrFN2O4. The molecule has 1 saturated carbocycles. The number of carbonyl (C=O) groups excluding carboxylic acids is 1. The van der Waals surface area contributed by atoms with E-state index in [2.05, 4.69) is 21.0 Å². The highest BCUT2D eigenvalue weighted by Crippen LogP contribution is 2.45. The summed E-state index contributed by atoms with van der Waals surface area (Å²) in [6.45, 7) is 0.251. The summed E-state index contributed by atoms with van der Waals surface area (Å²) in [5.74, 6) is 1.27. The second kappa shape index (κ2) is 9.73. The van der Waals surface area contributed by atoms with E-state index in [1.165, 1.54) is 25.0 Å². The zero-order valence-corrected chi connectivity index (χ0v) is 19.5. The minimum Gasteiger partial charge on any atom is -0.497 e. The van der Waals surface area contributed by atoms with Crippen molar-refractivity contribution >= 4 is 21.9 Å². The minimum atomic E-state index is -0.411. The van der Waals surface area contributed by atoms with E-state index < -0.39 is 5.82 Å². The van der Waals surface area contributed by atoms with Gasteiger partial charge in [0.15, 0.2) is 0 Å². The molecule has 0 N–H and O–H groups in total. The average Bonchev–Trinajstić information content (AvgIpc) is 3.59. The smallest absolute Gasteiger partial charge is 0.306 e. The van der Waals surface area contributed by atoms with Gasteiger partial charge < -0.3 is 14.2 Å². The standard InChI is InChI=1S/C24H24BrFN2O4/c1-30-18-8-9-21(26)22(11-18)28-24(25)17(13-27-28)14-32-19-5-3-4-16(10-19)20(15-6-7-15)12-23(29)31-2/h3-5,8-11,13,15,20H,6-7,12,14H2,1-2H3/t20-/m0/s1. The van der Waals surface area contributed by atoms with Gasteiger partial charge in [-0.05, 0) is 70.4 Å². The zero-order chi connectivity index (χ0) is 22.7. The summed E-state index contributed by atoms with van der Waals surface area (Å²) < 4.78 is 32.5. The molecule has 1 fully saturated rings. The van der Waals surface area contributed by atoms with Gasteiger partial charge in [0.05, 0.1) is 26.8 Å². The van der Waals surface area contributed by atoms with E-state index in [0.717, 1.165) is 24.0 Å². The highest BCUT2D eigenvalue weighted by atomic mass is 79.9. The Morgan fingerprint density at radius 3 is 2.75 bits per heavy atom. The number of esters is 1. The maximum atomic E-state index is 14.3. The van der Waals surface area contributed by atoms with Crippen molar-refractivity contribution in [1.82, 2.24) is 9.78 Å². The minimum absolute atomic E-state index is 0.136. The summed E-state index contributed by atoms with van der Waals surface area (Å²) in [7, 11) is 2.95. The summed E-state index contributed by atoms with van der Waals surface area (Å²) in [6.07, 6.45) is 4.26. The quantitative estimate of drug-likeness (QED) is 0.365. The zero-order valence-electron chi connectivity index (χ0n) is 17.9. The molecule has 0 amide bonds. The van der Waals surface area contributed by atoms with Crippen LogP contribution in [0.5, 0.6) is 11.5 Å². The number of nitrogens with zero attached hydrogens (tertiary/aromatic N) is 2. The number of hydrogen-bond acceptors (Lipinski definition) is 5. The lowest BCUT2D eigenvalue weighted by Crippen LogP contribution is -2.10. The first kappa shape index (κ1) is 22.3. The van der Waals surface area contributed by atoms with Crippen LogP contribution in [0.25, 0.3) is 5.69 Å². The molecule has 1 aliphatic rings. The predicted molar refractivity (Wildman–Crippen MR) is 121 cm³/mol. The average molecular weight is 503 g/mol. The molecule has 32 heavy (non-hydrogen) atoms. The predicted octanol–water partition coefficient (Wildman–Crippen LogP) is 5.42. The van der Waals surface area contributed by atoms with Gasteiger partial charge in [-0.3, -0.25) is 4.79 Å². The summed E-state index contributed by atoms with van der Waals surface area (Å²) >= 11 is 3.50. The number of rotatable bonds is 9. The maximum absolute atomic E-state index is 14.3. The Balaban J connectivity index is 1.49. The van der Waals surface area contributed by atoms with Crippen molar-refractivity contribution in [3.05, 3.63) is 70.2 Å². The van der Waals surface area contributed by atoms with Gasteiger partial charge in [-0.1, -0.05) is 12.1 Å². The second-order valence-corrected chi connectivity index (χ2v) is 8.53. The van der Waals surface area contributed by atoms with Crippen molar-refractivity contribution in [1.29, 1.82) is 0 Å². The van der Waals surface area contributed by atoms with Crippen LogP contribution in [-0.2, 0) is 16.1 Å². The summed E-state index contributed by atoms with van der Waals surface area (Å²) in [4.78, 5) is 11.8. The Kier molecular flexibility index (Phi) is 6.79. The third-order valence-corrected chi connectivity index (χ3v) is 6.49. The van der Waals surface area contributed by atoms with Crippen molar-refractivity contribution < 1.29 is 23.4 Å². The Labute approximate surface area is 194 Å². The van der Waals surface area contributed by atoms with Crippen molar-refractivity contribution in [2.45, 2.75) is 31.8 Å². The van der Waals surface area contributed by atoms with Gasteiger partial charge in [0.25, 0.3) is 0 Å². The van der Waals surface area contributed by atoms with Crippen molar-refractivity contribution in [2.24, 2.45) is 5.92 Å². The van der Waals surface area contributed by atoms with Crippen LogP contribution in [0.4, 0.5) is 4.39 Å². The van der Waals surface area contributed by atoms with Gasteiger partial charge in [0, 0.05) is 11.6 Å². The van der Waals surface area contributed by atoms with E-state index in [-0.39, 0.29) is 24.2 Å². The molecule has 0 radical (unpaired) electrons. The Hall–Kier alpha value is -2.87. The molecule has 0 spiro atoms. The molecule has 0 unspecified atom stereocenters. The number of halogens is 2. The van der Waals surface area contributed by atoms with Gasteiger partial charge in [-0.15, -0.1) is 0 Å². The molecule has 1 atom stereocenters. The largest absolute Gasteiger partial charge is 0.497 e. The van der Waals surface area contributed by atoms with Crippen LogP contribution >= 0.6 is 15.9 Å². The van der Waals surface area contributed by atoms with Crippen molar-refractivity contribution in [2.75, 3.05) is 14.2 Å². The fourth-order valence-corrected chi connectivity index (χ4v) is 4.23. The van der Waals surface area contributed by atoms with E-state index in [9.17, 15) is 9.18 Å². The first-order valence-electron chi connectivity index (χ1n) is 10.4. The van der Waals surface area contributed by atoms with Crippen LogP contribution in [0.1, 0.15) is 36.3 Å². The van der Waals surface area contributed by atoms with Crippen LogP contribution in [0, 0.1) is 11.7 Å². The monoisotopic (exact) mass is 502 g/mol. The van der Waals surface area contributed by atoms with Crippen LogP contribution in [0.2, 0.25) is 0 Å². The van der Waals surface area contributed by atoms with Crippen molar-refractivity contribution in [3.8, 4) is 17.2 Å². The molecule has 1 heterocycles. The normalized spacial score (nSPS) is 14.1. The van der Waals surface area contributed by atoms with Gasteiger partial charge >= 0.3 is 5.97 Å². The third-order valence-electron chi connectivity index (χ3n) is 5.65. The van der Waals surface area contributed by atoms with Crippen LogP contribution < -0.4 is 9.47 Å². The fourth-order valence-electron chi connectivity index (χ4n) is 3.73. The van der Waals surface area contributed by atoms with Gasteiger partial charge in [-0.25, -0.2) is 9.07 Å². The molecular weight excluding hydrogens is 479 g/mol. The third kappa shape index (κ3) is 4.96. The first-order chi connectivity index (χ1) is 15.5. The SMILES string of the molecule is COC(=O)C[C@H](c1cccc(OCc2cnn(-c3cc(OC)ccc3F)c2Br)c1)C1CC1. The number of methoxy groups -OCH3 is 2. The number of hydrogen-bond donors (Lipinski definition) is 0. The second-order valence-electron chi connectivity index (χ2n) is 7.78. The van der Waals surface area contributed by atoms with Gasteiger partial charge in [0.2, 0.25) is 0 Å². The number of carbonyl (C=O) groups is 1. The molecule has 4 rings (SSSR count). The Bertz CT molecular complexity index is 1110. The molecule has 1 aliphatic carbocycles. The van der Waals surface area contributed by atoms with E-state index in [4.69, 9.17) is 14.2 Å². The van der Waals surface area contributed by atoms with Crippen LogP contribution in [-0.4, -0.2) is 30.0 Å². The molecule has 0 aliphatic heterocycles. The molecule has 8 heteroatoms. The Morgan fingerprint density at radius 1 is 1.22 bits per heavy atom. The van der Waals surface area contributed by atoms with E-state index >= 15 is 0 Å². The number of ether oxygens (including phenoxy) is 3. The summed E-state index contributed by atoms with van der Waals surface area (Å²) in [5.41, 5.74) is 2.12. The molecule has 0 saturated heterocycles. The molecule has 3 aromatic rings. The lowest BCUT2D eigenvalue weighted by atomic mass is 9.91. The molecule has 168 valence electrons. The fraction of sp³-hybridized carbons (Fsp3) is 0.333. The van der Waals surface area contributed by atoms with Crippen molar-refractivity contribution in [3.63, 3.8) is 0 Å². The highest BCUT2D eigenvalue weighted by molar-refractivity contribution is 9.10. The highest BCUT2D eigenvalue weighted by Gasteiger charge is 2.34. The maximum Gasteiger partial charge on any atom is 0.306 e. The van der Waals surface area contributed by atoms with Gasteiger partial charge in [0.1, 0.15) is 34.2 Å². The van der Waals surface area contributed by atoms with Crippen LogP contribution in [0.15, 0.2) is 53.3 Å². The first-order valence-corrected chi connectivity index (χ1v) is 11.1. The number of benzene rings is 2. The van der Waals surface area contributed by atoms with E-state index in [1.807, 2.05) is 24.3 Å².